The largest absolute Gasteiger partial charge is 0.475 e. The van der Waals surface area contributed by atoms with Gasteiger partial charge in [0.05, 0.1) is 18.9 Å². The number of ether oxygens (including phenoxy) is 1. The van der Waals surface area contributed by atoms with E-state index in [2.05, 4.69) is 0 Å². The molecule has 3 unspecified atom stereocenters. The van der Waals surface area contributed by atoms with Gasteiger partial charge in [0.25, 0.3) is 5.56 Å². The molecule has 1 aliphatic rings. The monoisotopic (exact) mass is 586 g/mol. The summed E-state index contributed by atoms with van der Waals surface area (Å²) in [5, 5.41) is 10.2. The van der Waals surface area contributed by atoms with Crippen LogP contribution in [0.3, 0.4) is 0 Å². The van der Waals surface area contributed by atoms with Crippen LogP contribution in [0.25, 0.3) is 0 Å². The quantitative estimate of drug-likeness (QED) is 0.350. The van der Waals surface area contributed by atoms with Gasteiger partial charge in [0.15, 0.2) is 0 Å². The Kier molecular flexibility index (Phi) is 9.58. The number of hydrogen-bond donors (Lipinski definition) is 2. The maximum atomic E-state index is 13.5. The van der Waals surface area contributed by atoms with Crippen molar-refractivity contribution in [1.82, 2.24) is 9.55 Å². The van der Waals surface area contributed by atoms with Crippen LogP contribution >= 0.6 is 77.4 Å². The number of aliphatic hydroxyl groups is 1. The predicted molar refractivity (Wildman–Crippen MR) is 112 cm³/mol. The third-order valence-electron chi connectivity index (χ3n) is 3.61. The zero-order chi connectivity index (χ0) is 23.6. The molecule has 2 heterocycles. The number of aliphatic hydroxyl groups excluding tert-OH is 1. The number of nitrogens with zero attached hydrogens (tertiary/aromatic N) is 1. The van der Waals surface area contributed by atoms with Gasteiger partial charge in [0.1, 0.15) is 25.5 Å². The Bertz CT molecular complexity index is 912. The Labute approximate surface area is 203 Å². The van der Waals surface area contributed by atoms with Crippen molar-refractivity contribution in [3.63, 3.8) is 0 Å². The van der Waals surface area contributed by atoms with Gasteiger partial charge in [0, 0.05) is 6.42 Å². The molecule has 18 heteroatoms. The van der Waals surface area contributed by atoms with Gasteiger partial charge >= 0.3 is 13.5 Å². The first kappa shape index (κ1) is 27.6. The summed E-state index contributed by atoms with van der Waals surface area (Å²) in [4.78, 5) is 24.8. The summed E-state index contributed by atoms with van der Waals surface area (Å²) in [7, 11) is -4.48. The number of phosphoric ester groups is 1. The highest BCUT2D eigenvalue weighted by atomic mass is 35.6. The molecule has 1 fully saturated rings. The van der Waals surface area contributed by atoms with Crippen molar-refractivity contribution in [2.24, 2.45) is 0 Å². The van der Waals surface area contributed by atoms with Crippen LogP contribution in [0, 0.1) is 5.82 Å². The van der Waals surface area contributed by atoms with E-state index in [1.807, 2.05) is 0 Å². The lowest BCUT2D eigenvalue weighted by Crippen LogP contribution is -2.34. The zero-order valence-corrected chi connectivity index (χ0v) is 20.4. The Balaban J connectivity index is 2.08. The van der Waals surface area contributed by atoms with Gasteiger partial charge in [-0.1, -0.05) is 69.6 Å². The molecule has 0 spiro atoms. The molecule has 0 aliphatic carbocycles. The molecule has 1 aliphatic heterocycles. The van der Waals surface area contributed by atoms with Gasteiger partial charge in [0.2, 0.25) is 13.4 Å². The van der Waals surface area contributed by atoms with Crippen molar-refractivity contribution >= 4 is 77.4 Å². The van der Waals surface area contributed by atoms with Gasteiger partial charge in [-0.2, -0.15) is 4.39 Å². The second-order valence-corrected chi connectivity index (χ2v) is 12.8. The van der Waals surface area contributed by atoms with E-state index in [0.29, 0.717) is 6.20 Å². The molecular formula is C13H14Cl6FN2O8P. The van der Waals surface area contributed by atoms with Crippen molar-refractivity contribution in [3.8, 4) is 0 Å². The zero-order valence-electron chi connectivity index (χ0n) is 15.0. The van der Waals surface area contributed by atoms with E-state index in [-0.39, 0.29) is 6.42 Å². The molecule has 0 saturated carbocycles. The molecule has 2 N–H and O–H groups in total. The highest BCUT2D eigenvalue weighted by Crippen LogP contribution is 2.53. The van der Waals surface area contributed by atoms with E-state index in [9.17, 15) is 23.7 Å². The topological polar surface area (TPSA) is 129 Å². The molecule has 0 aromatic carbocycles. The predicted octanol–water partition coefficient (Wildman–Crippen LogP) is 3.22. The fourth-order valence-corrected chi connectivity index (χ4v) is 4.33. The summed E-state index contributed by atoms with van der Waals surface area (Å²) < 4.78 is 43.3. The summed E-state index contributed by atoms with van der Waals surface area (Å²) in [5.41, 5.74) is -2.18. The number of aromatic amines is 1. The molecule has 10 nitrogen and oxygen atoms in total. The first-order valence-corrected chi connectivity index (χ1v) is 11.8. The van der Waals surface area contributed by atoms with Gasteiger partial charge in [-0.25, -0.2) is 9.36 Å². The minimum Gasteiger partial charge on any atom is -0.390 e. The standard InChI is InChI=1S/C13H14Cl6FN2O8P/c14-12(15,16)4-28-31(26,29-5-13(17,18)19)27-3-8-7(23)1-9(30-8)22-2-6(20)10(24)21-11(22)25/h2,7-9,23H,1,3-5H2,(H,21,24,25). The lowest BCUT2D eigenvalue weighted by atomic mass is 10.2. The van der Waals surface area contributed by atoms with Gasteiger partial charge in [-0.05, 0) is 0 Å². The molecule has 2 rings (SSSR count). The van der Waals surface area contributed by atoms with Crippen LogP contribution in [0.2, 0.25) is 0 Å². The van der Waals surface area contributed by atoms with Crippen LogP contribution in [-0.4, -0.2) is 54.3 Å². The van der Waals surface area contributed by atoms with Crippen molar-refractivity contribution < 1.29 is 32.4 Å². The van der Waals surface area contributed by atoms with E-state index in [1.54, 1.807) is 4.98 Å². The van der Waals surface area contributed by atoms with Crippen molar-refractivity contribution in [1.29, 1.82) is 0 Å². The molecular weight excluding hydrogens is 575 g/mol. The lowest BCUT2D eigenvalue weighted by Gasteiger charge is -2.23. The average Bonchev–Trinajstić information content (AvgIpc) is 2.99. The van der Waals surface area contributed by atoms with Gasteiger partial charge in [-0.3, -0.25) is 27.9 Å². The third-order valence-corrected chi connectivity index (χ3v) is 5.62. The maximum absolute atomic E-state index is 13.5. The van der Waals surface area contributed by atoms with E-state index in [0.717, 1.165) is 4.57 Å². The second-order valence-electron chi connectivity index (χ2n) is 6.10. The highest BCUT2D eigenvalue weighted by Gasteiger charge is 2.40. The lowest BCUT2D eigenvalue weighted by molar-refractivity contribution is -0.0483. The molecule has 3 atom stereocenters. The summed E-state index contributed by atoms with van der Waals surface area (Å²) in [5.74, 6) is -1.23. The number of alkyl halides is 6. The minimum absolute atomic E-state index is 0.187. The number of hydrogen-bond acceptors (Lipinski definition) is 8. The number of H-pyrrole nitrogens is 1. The fraction of sp³-hybridized carbons (Fsp3) is 0.692. The molecule has 0 bridgehead atoms. The maximum Gasteiger partial charge on any atom is 0.475 e. The number of aromatic nitrogens is 2. The first-order chi connectivity index (χ1) is 14.1. The Hall–Kier alpha value is 0.380. The number of rotatable bonds is 8. The fourth-order valence-electron chi connectivity index (χ4n) is 2.29. The number of phosphoric acid groups is 1. The van der Waals surface area contributed by atoms with Crippen LogP contribution < -0.4 is 11.2 Å². The summed E-state index contributed by atoms with van der Waals surface area (Å²) >= 11 is 33.3. The molecule has 1 aromatic rings. The smallest absolute Gasteiger partial charge is 0.390 e. The van der Waals surface area contributed by atoms with Crippen molar-refractivity contribution in [2.75, 3.05) is 19.8 Å². The molecule has 1 saturated heterocycles. The normalized spacial score (nSPS) is 22.8. The van der Waals surface area contributed by atoms with Crippen molar-refractivity contribution in [2.45, 2.75) is 32.4 Å². The van der Waals surface area contributed by atoms with E-state index < -0.39 is 70.7 Å². The molecule has 0 amide bonds. The van der Waals surface area contributed by atoms with E-state index in [1.165, 1.54) is 0 Å². The van der Waals surface area contributed by atoms with E-state index >= 15 is 0 Å². The number of halogens is 7. The van der Waals surface area contributed by atoms with Gasteiger partial charge < -0.3 is 9.84 Å². The van der Waals surface area contributed by atoms with Crippen LogP contribution in [0.1, 0.15) is 12.6 Å². The summed E-state index contributed by atoms with van der Waals surface area (Å²) in [6.45, 7) is -2.05. The van der Waals surface area contributed by atoms with Crippen LogP contribution in [0.5, 0.6) is 0 Å². The van der Waals surface area contributed by atoms with Crippen LogP contribution in [-0.2, 0) is 22.9 Å². The Morgan fingerprint density at radius 2 is 1.71 bits per heavy atom. The van der Waals surface area contributed by atoms with Crippen LogP contribution in [0.15, 0.2) is 15.8 Å². The van der Waals surface area contributed by atoms with E-state index in [4.69, 9.17) is 87.9 Å². The van der Waals surface area contributed by atoms with Crippen LogP contribution in [0.4, 0.5) is 4.39 Å². The Morgan fingerprint density at radius 1 is 1.16 bits per heavy atom. The molecule has 31 heavy (non-hydrogen) atoms. The second kappa shape index (κ2) is 10.8. The van der Waals surface area contributed by atoms with Crippen molar-refractivity contribution in [3.05, 3.63) is 32.9 Å². The molecule has 178 valence electrons. The summed E-state index contributed by atoms with van der Waals surface area (Å²) in [6.07, 6.45) is -3.14. The number of nitrogens with one attached hydrogen (secondary N) is 1. The third kappa shape index (κ3) is 8.92. The average molecular weight is 589 g/mol. The molecule has 1 aromatic heterocycles. The Morgan fingerprint density at radius 3 is 2.23 bits per heavy atom. The summed E-state index contributed by atoms with van der Waals surface area (Å²) in [6, 6.07) is 0. The SMILES string of the molecule is O=c1[nH]c(=O)n(C2CC(O)C(COP(=O)(OCC(Cl)(Cl)Cl)OCC(Cl)(Cl)Cl)O2)cc1F. The first-order valence-electron chi connectivity index (χ1n) is 8.10. The molecule has 0 radical (unpaired) electrons. The van der Waals surface area contributed by atoms with Gasteiger partial charge in [-0.15, -0.1) is 0 Å². The highest BCUT2D eigenvalue weighted by molar-refractivity contribution is 7.48. The minimum atomic E-state index is -4.48.